The first-order valence-corrected chi connectivity index (χ1v) is 12.9. The van der Waals surface area contributed by atoms with E-state index in [0.29, 0.717) is 0 Å². The molecule has 1 fully saturated rings. The van der Waals surface area contributed by atoms with Gasteiger partial charge in [-0.3, -0.25) is 0 Å². The zero-order chi connectivity index (χ0) is 28.7. The second-order valence-corrected chi connectivity index (χ2v) is 10.7. The standard InChI is InChI=1S/C28H21Cl3O9/c29-28(30,31)27(35)40-26-22(39-25(34)19-14-8-3-9-15-19)21(38-24(33)18-12-6-2-7-13-18)20(16-36-26)37-23(32)17-10-4-1-5-11-17/h1-15,20-22,26H,16H2/t20-,21?,22-,26-/m0/s1. The van der Waals surface area contributed by atoms with E-state index in [0.717, 1.165) is 0 Å². The van der Waals surface area contributed by atoms with Gasteiger partial charge in [0.1, 0.15) is 0 Å². The summed E-state index contributed by atoms with van der Waals surface area (Å²) in [5, 5.41) is 0. The summed E-state index contributed by atoms with van der Waals surface area (Å²) in [5.41, 5.74) is 0.494. The predicted molar refractivity (Wildman–Crippen MR) is 143 cm³/mol. The lowest BCUT2D eigenvalue weighted by atomic mass is 10.0. The number of esters is 4. The van der Waals surface area contributed by atoms with Crippen molar-refractivity contribution < 1.29 is 42.9 Å². The van der Waals surface area contributed by atoms with Gasteiger partial charge in [0.25, 0.3) is 3.79 Å². The van der Waals surface area contributed by atoms with Gasteiger partial charge < -0.3 is 23.7 Å². The molecule has 0 spiro atoms. The van der Waals surface area contributed by atoms with E-state index in [1.807, 2.05) is 0 Å². The third kappa shape index (κ3) is 7.51. The molecule has 1 saturated heterocycles. The van der Waals surface area contributed by atoms with Crippen LogP contribution in [0.3, 0.4) is 0 Å². The summed E-state index contributed by atoms with van der Waals surface area (Å²) in [7, 11) is 0. The summed E-state index contributed by atoms with van der Waals surface area (Å²) in [4.78, 5) is 51.4. The molecule has 0 aliphatic carbocycles. The monoisotopic (exact) mass is 606 g/mol. The van der Waals surface area contributed by atoms with Crippen LogP contribution in [0.1, 0.15) is 31.1 Å². The molecule has 0 radical (unpaired) electrons. The van der Waals surface area contributed by atoms with Crippen LogP contribution in [-0.2, 0) is 28.5 Å². The molecule has 0 saturated carbocycles. The average Bonchev–Trinajstić information content (AvgIpc) is 2.96. The molecule has 3 aromatic rings. The average molecular weight is 608 g/mol. The van der Waals surface area contributed by atoms with Gasteiger partial charge in [0, 0.05) is 0 Å². The molecule has 0 amide bonds. The largest absolute Gasteiger partial charge is 0.452 e. The minimum absolute atomic E-state index is 0.130. The van der Waals surface area contributed by atoms with E-state index in [2.05, 4.69) is 0 Å². The smallest absolute Gasteiger partial charge is 0.360 e. The van der Waals surface area contributed by atoms with E-state index >= 15 is 0 Å². The van der Waals surface area contributed by atoms with Crippen molar-refractivity contribution in [2.45, 2.75) is 28.4 Å². The molecule has 1 aliphatic heterocycles. The van der Waals surface area contributed by atoms with Crippen LogP contribution in [0, 0.1) is 0 Å². The van der Waals surface area contributed by atoms with E-state index in [9.17, 15) is 19.2 Å². The van der Waals surface area contributed by atoms with Crippen molar-refractivity contribution in [3.05, 3.63) is 108 Å². The molecule has 12 heteroatoms. The molecule has 4 rings (SSSR count). The Morgan fingerprint density at radius 2 is 1.00 bits per heavy atom. The highest BCUT2D eigenvalue weighted by Crippen LogP contribution is 2.32. The number of rotatable bonds is 7. The van der Waals surface area contributed by atoms with Gasteiger partial charge in [-0.05, 0) is 36.4 Å². The lowest BCUT2D eigenvalue weighted by Gasteiger charge is -2.40. The first kappa shape index (κ1) is 29.4. The van der Waals surface area contributed by atoms with Crippen molar-refractivity contribution in [1.29, 1.82) is 0 Å². The van der Waals surface area contributed by atoms with Crippen LogP contribution in [0.4, 0.5) is 0 Å². The van der Waals surface area contributed by atoms with Crippen molar-refractivity contribution in [2.75, 3.05) is 6.61 Å². The van der Waals surface area contributed by atoms with Gasteiger partial charge in [-0.25, -0.2) is 19.2 Å². The van der Waals surface area contributed by atoms with Crippen molar-refractivity contribution in [1.82, 2.24) is 0 Å². The Balaban J connectivity index is 1.68. The fourth-order valence-corrected chi connectivity index (χ4v) is 3.83. The fourth-order valence-electron chi connectivity index (χ4n) is 3.70. The first-order chi connectivity index (χ1) is 19.1. The minimum atomic E-state index is -2.50. The van der Waals surface area contributed by atoms with Crippen LogP contribution in [-0.4, -0.2) is 58.9 Å². The lowest BCUT2D eigenvalue weighted by molar-refractivity contribution is -0.261. The lowest BCUT2D eigenvalue weighted by Crippen LogP contribution is -2.59. The molecule has 0 bridgehead atoms. The molecule has 40 heavy (non-hydrogen) atoms. The summed E-state index contributed by atoms with van der Waals surface area (Å²) >= 11 is 17.0. The second kappa shape index (κ2) is 13.1. The Morgan fingerprint density at radius 3 is 1.43 bits per heavy atom. The quantitative estimate of drug-likeness (QED) is 0.209. The van der Waals surface area contributed by atoms with Crippen LogP contribution in [0.25, 0.3) is 0 Å². The Labute approximate surface area is 243 Å². The minimum Gasteiger partial charge on any atom is -0.452 e. The van der Waals surface area contributed by atoms with Gasteiger partial charge in [0.15, 0.2) is 12.2 Å². The van der Waals surface area contributed by atoms with E-state index in [1.54, 1.807) is 54.6 Å². The molecule has 4 atom stereocenters. The van der Waals surface area contributed by atoms with Gasteiger partial charge in [-0.1, -0.05) is 89.4 Å². The van der Waals surface area contributed by atoms with Gasteiger partial charge in [0.2, 0.25) is 12.4 Å². The van der Waals surface area contributed by atoms with E-state index in [1.165, 1.54) is 36.4 Å². The summed E-state index contributed by atoms with van der Waals surface area (Å²) in [6, 6.07) is 23.8. The normalized spacial score (nSPS) is 20.6. The molecule has 1 aliphatic rings. The second-order valence-electron chi connectivity index (χ2n) is 8.39. The Hall–Kier alpha value is -3.63. The number of benzene rings is 3. The number of halogens is 3. The highest BCUT2D eigenvalue weighted by molar-refractivity contribution is 6.75. The molecular weight excluding hydrogens is 587 g/mol. The van der Waals surface area contributed by atoms with Crippen LogP contribution >= 0.6 is 34.8 Å². The maximum absolute atomic E-state index is 13.1. The maximum atomic E-state index is 13.1. The number of hydrogen-bond acceptors (Lipinski definition) is 9. The van der Waals surface area contributed by atoms with E-state index in [4.69, 9.17) is 58.5 Å². The number of carbonyl (C=O) groups is 4. The number of alkyl halides is 3. The zero-order valence-corrected chi connectivity index (χ0v) is 22.8. The molecule has 1 heterocycles. The summed E-state index contributed by atoms with van der Waals surface area (Å²) in [6.07, 6.45) is -6.14. The first-order valence-electron chi connectivity index (χ1n) is 11.8. The van der Waals surface area contributed by atoms with Gasteiger partial charge in [0.05, 0.1) is 23.3 Å². The Morgan fingerprint density at radius 1 is 0.600 bits per heavy atom. The molecule has 3 aromatic carbocycles. The third-order valence-electron chi connectivity index (χ3n) is 5.61. The van der Waals surface area contributed by atoms with Gasteiger partial charge in [-0.2, -0.15) is 0 Å². The van der Waals surface area contributed by atoms with Crippen molar-refractivity contribution in [2.24, 2.45) is 0 Å². The topological polar surface area (TPSA) is 114 Å². The summed E-state index contributed by atoms with van der Waals surface area (Å²) in [5.74, 6) is -3.81. The number of carbonyl (C=O) groups excluding carboxylic acids is 4. The predicted octanol–water partition coefficient (Wildman–Crippen LogP) is 4.93. The van der Waals surface area contributed by atoms with Gasteiger partial charge in [-0.15, -0.1) is 0 Å². The van der Waals surface area contributed by atoms with E-state index in [-0.39, 0.29) is 16.7 Å². The number of ether oxygens (including phenoxy) is 5. The molecule has 208 valence electrons. The molecule has 0 aromatic heterocycles. The van der Waals surface area contributed by atoms with Gasteiger partial charge >= 0.3 is 23.9 Å². The highest BCUT2D eigenvalue weighted by Gasteiger charge is 2.51. The molecule has 9 nitrogen and oxygen atoms in total. The van der Waals surface area contributed by atoms with Crippen LogP contribution in [0.2, 0.25) is 0 Å². The van der Waals surface area contributed by atoms with Crippen LogP contribution in [0.15, 0.2) is 91.0 Å². The van der Waals surface area contributed by atoms with E-state index < -0.39 is 58.9 Å². The van der Waals surface area contributed by atoms with Crippen LogP contribution < -0.4 is 0 Å². The highest BCUT2D eigenvalue weighted by atomic mass is 35.6. The SMILES string of the molecule is O=C(OC1[C@@H](OC(=O)c2ccccc2)CO[C@@H](OC(=O)C(Cl)(Cl)Cl)[C@H]1OC(=O)c1ccccc1)c1ccccc1. The Bertz CT molecular complexity index is 1330. The number of hydrogen-bond donors (Lipinski definition) is 0. The van der Waals surface area contributed by atoms with Crippen molar-refractivity contribution in [3.8, 4) is 0 Å². The van der Waals surface area contributed by atoms with Crippen molar-refractivity contribution >= 4 is 58.7 Å². The van der Waals surface area contributed by atoms with Crippen molar-refractivity contribution in [3.63, 3.8) is 0 Å². The third-order valence-corrected chi connectivity index (χ3v) is 6.07. The molecule has 0 N–H and O–H groups in total. The molecule has 1 unspecified atom stereocenters. The summed E-state index contributed by atoms with van der Waals surface area (Å²) < 4.78 is 25.2. The fraction of sp³-hybridized carbons (Fsp3) is 0.214. The Kier molecular flexibility index (Phi) is 9.65. The zero-order valence-electron chi connectivity index (χ0n) is 20.5. The summed E-state index contributed by atoms with van der Waals surface area (Å²) in [6.45, 7) is -0.428. The molecular formula is C28H21Cl3O9. The van der Waals surface area contributed by atoms with Crippen LogP contribution in [0.5, 0.6) is 0 Å². The maximum Gasteiger partial charge on any atom is 0.360 e.